The van der Waals surface area contributed by atoms with Crippen molar-refractivity contribution in [2.45, 2.75) is 76.5 Å². The zero-order chi connectivity index (χ0) is 39.1. The zero-order valence-corrected chi connectivity index (χ0v) is 34.4. The number of para-hydroxylation sites is 1. The Bertz CT molecular complexity index is 1700. The second kappa shape index (κ2) is 18.8. The van der Waals surface area contributed by atoms with E-state index in [1.54, 1.807) is 28.9 Å². The number of nitrogens with one attached hydrogen (secondary N) is 1. The highest BCUT2D eigenvalue weighted by molar-refractivity contribution is 9.11. The van der Waals surface area contributed by atoms with Crippen LogP contribution in [0.2, 0.25) is 0 Å². The maximum Gasteiger partial charge on any atom is 0.410 e. The number of piperidine rings is 2. The molecule has 0 spiro atoms. The van der Waals surface area contributed by atoms with Gasteiger partial charge in [-0.05, 0) is 100 Å². The summed E-state index contributed by atoms with van der Waals surface area (Å²) in [6.07, 6.45) is 2.28. The second-order valence-corrected chi connectivity index (χ2v) is 16.2. The average molecular weight is 891 g/mol. The largest absolute Gasteiger partial charge is 0.506 e. The van der Waals surface area contributed by atoms with Crippen LogP contribution in [0.3, 0.4) is 0 Å². The third-order valence-electron chi connectivity index (χ3n) is 11.1. The van der Waals surface area contributed by atoms with E-state index in [4.69, 9.17) is 9.47 Å². The number of halogens is 2. The van der Waals surface area contributed by atoms with Gasteiger partial charge in [0.1, 0.15) is 5.75 Å². The fraction of sp³-hybridized carbons (Fsp3) is 0.564. The Morgan fingerprint density at radius 1 is 0.836 bits per heavy atom. The standard InChI is InChI=1S/C39H50Br2N6O8/c1-2-54-35(49)8-7-34(48)44-14-10-28(11-15-44)43-19-21-45(22-20-43)37(51)33(25-26-23-30(40)36(50)31(41)24-26)55-39(53)46-16-12-29(13-17-46)47-18-9-27-5-3-4-6-32(27)42-38(47)52/h3-6,23-24,28-29,33,50H,2,7-22,25H2,1H3,(H,42,52). The molecule has 298 valence electrons. The smallest absolute Gasteiger partial charge is 0.410 e. The van der Waals surface area contributed by atoms with E-state index in [-0.39, 0.29) is 60.9 Å². The molecule has 4 aliphatic rings. The fourth-order valence-corrected chi connectivity index (χ4v) is 9.30. The number of aromatic hydroxyl groups is 1. The lowest BCUT2D eigenvalue weighted by Gasteiger charge is -2.43. The quantitative estimate of drug-likeness (QED) is 0.314. The number of hydrogen-bond acceptors (Lipinski definition) is 9. The molecule has 4 aliphatic heterocycles. The number of likely N-dealkylation sites (tertiary alicyclic amines) is 2. The van der Waals surface area contributed by atoms with Gasteiger partial charge in [0.25, 0.3) is 5.91 Å². The zero-order valence-electron chi connectivity index (χ0n) is 31.2. The molecule has 0 saturated carbocycles. The van der Waals surface area contributed by atoms with Gasteiger partial charge in [0.05, 0.1) is 22.0 Å². The topological polar surface area (TPSA) is 152 Å². The number of carbonyl (C=O) groups is 5. The molecule has 0 bridgehead atoms. The minimum absolute atomic E-state index is 0.0252. The normalized spacial score (nSPS) is 19.3. The lowest BCUT2D eigenvalue weighted by molar-refractivity contribution is -0.146. The van der Waals surface area contributed by atoms with Gasteiger partial charge in [-0.2, -0.15) is 0 Å². The van der Waals surface area contributed by atoms with E-state index in [1.807, 2.05) is 34.1 Å². The molecule has 0 radical (unpaired) electrons. The molecule has 1 atom stereocenters. The van der Waals surface area contributed by atoms with Gasteiger partial charge < -0.3 is 39.5 Å². The first kappa shape index (κ1) is 40.8. The summed E-state index contributed by atoms with van der Waals surface area (Å²) in [5.41, 5.74) is 2.64. The van der Waals surface area contributed by atoms with E-state index in [1.165, 1.54) is 0 Å². The summed E-state index contributed by atoms with van der Waals surface area (Å²) < 4.78 is 11.9. The van der Waals surface area contributed by atoms with Crippen molar-refractivity contribution in [1.82, 2.24) is 24.5 Å². The molecule has 3 fully saturated rings. The highest BCUT2D eigenvalue weighted by Crippen LogP contribution is 2.34. The summed E-state index contributed by atoms with van der Waals surface area (Å²) in [5, 5.41) is 13.3. The van der Waals surface area contributed by atoms with E-state index in [0.717, 1.165) is 30.5 Å². The molecule has 55 heavy (non-hydrogen) atoms. The van der Waals surface area contributed by atoms with Crippen molar-refractivity contribution in [3.05, 3.63) is 56.5 Å². The number of rotatable bonds is 10. The summed E-state index contributed by atoms with van der Waals surface area (Å²) in [4.78, 5) is 74.7. The number of phenols is 1. The number of piperazine rings is 1. The SMILES string of the molecule is CCOC(=O)CCC(=O)N1CCC(N2CCN(C(=O)C(Cc3cc(Br)c(O)c(Br)c3)OC(=O)N3CCC(N4CCc5ccccc5NC4=O)CC3)CC2)CC1. The molecule has 1 unspecified atom stereocenters. The van der Waals surface area contributed by atoms with Crippen LogP contribution in [0, 0.1) is 0 Å². The average Bonchev–Trinajstić information content (AvgIpc) is 3.36. The molecular weight excluding hydrogens is 840 g/mol. The van der Waals surface area contributed by atoms with Crippen LogP contribution in [0.5, 0.6) is 5.75 Å². The van der Waals surface area contributed by atoms with Gasteiger partial charge in [0, 0.05) is 89.5 Å². The maximum atomic E-state index is 14.1. The Morgan fingerprint density at radius 2 is 1.47 bits per heavy atom. The minimum Gasteiger partial charge on any atom is -0.506 e. The molecule has 0 aromatic heterocycles. The molecule has 16 heteroatoms. The number of urea groups is 1. The Kier molecular flexibility index (Phi) is 14.0. The van der Waals surface area contributed by atoms with E-state index < -0.39 is 12.2 Å². The minimum atomic E-state index is -1.08. The van der Waals surface area contributed by atoms with Crippen molar-refractivity contribution in [2.24, 2.45) is 0 Å². The third-order valence-corrected chi connectivity index (χ3v) is 12.3. The number of carbonyl (C=O) groups excluding carboxylic acids is 5. The number of benzene rings is 2. The summed E-state index contributed by atoms with van der Waals surface area (Å²) >= 11 is 6.75. The number of fused-ring (bicyclic) bond motifs is 1. The Morgan fingerprint density at radius 3 is 2.15 bits per heavy atom. The third kappa shape index (κ3) is 10.3. The number of anilines is 1. The van der Waals surface area contributed by atoms with Crippen molar-refractivity contribution in [3.8, 4) is 5.75 Å². The van der Waals surface area contributed by atoms with Crippen molar-refractivity contribution in [3.63, 3.8) is 0 Å². The van der Waals surface area contributed by atoms with Crippen LogP contribution in [0.15, 0.2) is 45.3 Å². The number of ether oxygens (including phenoxy) is 2. The van der Waals surface area contributed by atoms with Gasteiger partial charge >= 0.3 is 18.1 Å². The number of amides is 5. The van der Waals surface area contributed by atoms with Crippen LogP contribution in [0.1, 0.15) is 56.6 Å². The first-order chi connectivity index (χ1) is 26.5. The number of nitrogens with zero attached hydrogens (tertiary/aromatic N) is 5. The van der Waals surface area contributed by atoms with Gasteiger partial charge in [-0.3, -0.25) is 19.3 Å². The van der Waals surface area contributed by atoms with E-state index in [0.29, 0.717) is 92.9 Å². The van der Waals surface area contributed by atoms with Crippen molar-refractivity contribution < 1.29 is 38.6 Å². The van der Waals surface area contributed by atoms with Gasteiger partial charge in [0.2, 0.25) is 5.91 Å². The van der Waals surface area contributed by atoms with Crippen molar-refractivity contribution in [1.29, 1.82) is 0 Å². The summed E-state index contributed by atoms with van der Waals surface area (Å²) in [5.74, 6) is -0.621. The monoisotopic (exact) mass is 888 g/mol. The van der Waals surface area contributed by atoms with Crippen molar-refractivity contribution in [2.75, 3.05) is 70.8 Å². The first-order valence-corrected chi connectivity index (χ1v) is 20.8. The van der Waals surface area contributed by atoms with Crippen LogP contribution in [0.25, 0.3) is 0 Å². The lowest BCUT2D eigenvalue weighted by atomic mass is 10.0. The van der Waals surface area contributed by atoms with E-state index in [2.05, 4.69) is 42.1 Å². The molecule has 3 saturated heterocycles. The van der Waals surface area contributed by atoms with Crippen LogP contribution < -0.4 is 5.32 Å². The molecule has 6 rings (SSSR count). The number of esters is 1. The van der Waals surface area contributed by atoms with Gasteiger partial charge in [-0.25, -0.2) is 9.59 Å². The summed E-state index contributed by atoms with van der Waals surface area (Å²) in [6.45, 7) is 6.94. The Balaban J connectivity index is 1.03. The Hall–Kier alpha value is -3.89. The summed E-state index contributed by atoms with van der Waals surface area (Å²) in [6, 6.07) is 11.4. The van der Waals surface area contributed by atoms with Crippen LogP contribution in [-0.2, 0) is 36.7 Å². The van der Waals surface area contributed by atoms with Gasteiger partial charge in [-0.1, -0.05) is 18.2 Å². The molecule has 14 nitrogen and oxygen atoms in total. The molecule has 2 aromatic carbocycles. The molecule has 5 amide bonds. The van der Waals surface area contributed by atoms with Gasteiger partial charge in [0.15, 0.2) is 6.10 Å². The maximum absolute atomic E-state index is 14.1. The second-order valence-electron chi connectivity index (χ2n) is 14.5. The van der Waals surface area contributed by atoms with E-state index in [9.17, 15) is 29.1 Å². The molecular formula is C39H50Br2N6O8. The lowest BCUT2D eigenvalue weighted by Crippen LogP contribution is -2.57. The van der Waals surface area contributed by atoms with Crippen LogP contribution in [-0.4, -0.2) is 143 Å². The number of phenolic OH excluding ortho intramolecular Hbond substituents is 1. The predicted molar refractivity (Wildman–Crippen MR) is 212 cm³/mol. The molecule has 0 aliphatic carbocycles. The summed E-state index contributed by atoms with van der Waals surface area (Å²) in [7, 11) is 0. The predicted octanol–water partition coefficient (Wildman–Crippen LogP) is 5.00. The van der Waals surface area contributed by atoms with E-state index >= 15 is 0 Å². The molecule has 2 N–H and O–H groups in total. The van der Waals surface area contributed by atoms with Crippen LogP contribution in [0.4, 0.5) is 15.3 Å². The van der Waals surface area contributed by atoms with Gasteiger partial charge in [-0.15, -0.1) is 0 Å². The Labute approximate surface area is 338 Å². The highest BCUT2D eigenvalue weighted by Gasteiger charge is 2.37. The molecule has 2 aromatic rings. The first-order valence-electron chi connectivity index (χ1n) is 19.2. The molecule has 4 heterocycles. The fourth-order valence-electron chi connectivity index (χ4n) is 8.02. The number of hydrogen-bond donors (Lipinski definition) is 2. The highest BCUT2D eigenvalue weighted by atomic mass is 79.9. The van der Waals surface area contributed by atoms with Crippen LogP contribution >= 0.6 is 31.9 Å². The van der Waals surface area contributed by atoms with Crippen molar-refractivity contribution >= 4 is 67.5 Å².